The quantitative estimate of drug-likeness (QED) is 0.405. The second-order valence-corrected chi connectivity index (χ2v) is 2.48. The molecule has 1 rings (SSSR count). The zero-order valence-corrected chi connectivity index (χ0v) is 6.34. The predicted molar refractivity (Wildman–Crippen MR) is 50.6 cm³/mol. The van der Waals surface area contributed by atoms with Crippen LogP contribution >= 0.6 is 12.6 Å². The molecular weight excluding hydrogens is 167 g/mol. The molecule has 0 bridgehead atoms. The van der Waals surface area contributed by atoms with E-state index in [1.807, 2.05) is 24.3 Å². The number of hydrogen-bond donors (Lipinski definition) is 1. The van der Waals surface area contributed by atoms with Gasteiger partial charge in [0.25, 0.3) is 0 Å². The summed E-state index contributed by atoms with van der Waals surface area (Å²) in [4.78, 5) is 11.0. The minimum atomic E-state index is 0. The summed E-state index contributed by atoms with van der Waals surface area (Å²) in [5.74, 6) is 0. The molecule has 54 valence electrons. The van der Waals surface area contributed by atoms with E-state index in [0.717, 1.165) is 16.7 Å². The van der Waals surface area contributed by atoms with Crippen molar-refractivity contribution in [3.63, 3.8) is 0 Å². The summed E-state index contributed by atoms with van der Waals surface area (Å²) in [6.45, 7) is 0. The van der Waals surface area contributed by atoms with Crippen molar-refractivity contribution in [1.29, 1.82) is 0 Å². The van der Waals surface area contributed by atoms with Crippen LogP contribution in [0.1, 0.15) is 5.56 Å². The molecule has 0 amide bonds. The Morgan fingerprint density at radius 2 is 2.00 bits per heavy atom. The fraction of sp³-hybridized carbons (Fsp3) is 0.125. The van der Waals surface area contributed by atoms with Crippen LogP contribution in [-0.2, 0) is 11.2 Å². The van der Waals surface area contributed by atoms with E-state index in [0.29, 0.717) is 6.42 Å². The van der Waals surface area contributed by atoms with Crippen molar-refractivity contribution in [3.05, 3.63) is 29.8 Å². The molecule has 0 radical (unpaired) electrons. The maximum atomic E-state index is 10.1. The van der Waals surface area contributed by atoms with Gasteiger partial charge >= 0.3 is 29.6 Å². The molecule has 0 aromatic heterocycles. The molecule has 1 aromatic rings. The van der Waals surface area contributed by atoms with E-state index in [4.69, 9.17) is 0 Å². The van der Waals surface area contributed by atoms with Crippen molar-refractivity contribution in [2.75, 3.05) is 0 Å². The molecule has 3 heteroatoms. The van der Waals surface area contributed by atoms with Gasteiger partial charge in [0.2, 0.25) is 0 Å². The number of rotatable bonds is 2. The minimum absolute atomic E-state index is 0. The predicted octanol–water partition coefficient (Wildman–Crippen LogP) is 1.07. The summed E-state index contributed by atoms with van der Waals surface area (Å²) < 4.78 is 0. The van der Waals surface area contributed by atoms with Crippen molar-refractivity contribution >= 4 is 48.5 Å². The monoisotopic (exact) mass is 176 g/mol. The zero-order chi connectivity index (χ0) is 7.40. The molecular formula is C8H9NaOS. The standard InChI is InChI=1S/C8H8OS.Na.H/c9-6-5-7-3-1-2-4-8(7)10;;/h1-4,6,10H,5H2;;. The van der Waals surface area contributed by atoms with E-state index in [-0.39, 0.29) is 29.6 Å². The number of benzene rings is 1. The van der Waals surface area contributed by atoms with Crippen molar-refractivity contribution in [2.45, 2.75) is 11.3 Å². The summed E-state index contributed by atoms with van der Waals surface area (Å²) >= 11 is 4.17. The van der Waals surface area contributed by atoms with Gasteiger partial charge in [-0.05, 0) is 11.6 Å². The summed E-state index contributed by atoms with van der Waals surface area (Å²) in [7, 11) is 0. The van der Waals surface area contributed by atoms with Gasteiger partial charge in [-0.15, -0.1) is 12.6 Å². The molecule has 0 aliphatic carbocycles. The van der Waals surface area contributed by atoms with Gasteiger partial charge in [-0.2, -0.15) is 0 Å². The first kappa shape index (κ1) is 11.2. The van der Waals surface area contributed by atoms with E-state index in [1.54, 1.807) is 0 Å². The van der Waals surface area contributed by atoms with Gasteiger partial charge in [-0.3, -0.25) is 0 Å². The molecule has 0 saturated heterocycles. The molecule has 0 fully saturated rings. The fourth-order valence-corrected chi connectivity index (χ4v) is 1.03. The first-order valence-electron chi connectivity index (χ1n) is 3.05. The summed E-state index contributed by atoms with van der Waals surface area (Å²) in [6, 6.07) is 7.58. The van der Waals surface area contributed by atoms with Crippen LogP contribution in [0.4, 0.5) is 0 Å². The molecule has 1 aromatic carbocycles. The third-order valence-electron chi connectivity index (χ3n) is 1.29. The van der Waals surface area contributed by atoms with Crippen molar-refractivity contribution in [3.8, 4) is 0 Å². The van der Waals surface area contributed by atoms with Crippen LogP contribution in [0.15, 0.2) is 29.2 Å². The Kier molecular flexibility index (Phi) is 5.96. The van der Waals surface area contributed by atoms with Gasteiger partial charge in [-0.1, -0.05) is 18.2 Å². The number of hydrogen-bond acceptors (Lipinski definition) is 2. The molecule has 1 nitrogen and oxygen atoms in total. The van der Waals surface area contributed by atoms with Crippen molar-refractivity contribution in [2.24, 2.45) is 0 Å². The molecule has 0 saturated carbocycles. The van der Waals surface area contributed by atoms with Crippen LogP contribution in [0.2, 0.25) is 0 Å². The Labute approximate surface area is 93.9 Å². The van der Waals surface area contributed by atoms with E-state index in [2.05, 4.69) is 12.6 Å². The summed E-state index contributed by atoms with van der Waals surface area (Å²) in [6.07, 6.45) is 1.34. The first-order chi connectivity index (χ1) is 4.84. The number of carbonyl (C=O) groups excluding carboxylic acids is 1. The first-order valence-corrected chi connectivity index (χ1v) is 3.50. The Morgan fingerprint density at radius 1 is 1.36 bits per heavy atom. The van der Waals surface area contributed by atoms with Crippen LogP contribution in [0.25, 0.3) is 0 Å². The van der Waals surface area contributed by atoms with Crippen molar-refractivity contribution < 1.29 is 4.79 Å². The molecule has 0 heterocycles. The molecule has 0 atom stereocenters. The van der Waals surface area contributed by atoms with Crippen LogP contribution in [0, 0.1) is 0 Å². The van der Waals surface area contributed by atoms with Crippen LogP contribution in [-0.4, -0.2) is 35.8 Å². The summed E-state index contributed by atoms with van der Waals surface area (Å²) in [5.41, 5.74) is 0.987. The maximum absolute atomic E-state index is 10.1. The van der Waals surface area contributed by atoms with E-state index in [1.165, 1.54) is 0 Å². The van der Waals surface area contributed by atoms with Gasteiger partial charge < -0.3 is 4.79 Å². The third-order valence-corrected chi connectivity index (χ3v) is 1.73. The van der Waals surface area contributed by atoms with Gasteiger partial charge in [0, 0.05) is 11.3 Å². The number of carbonyl (C=O) groups is 1. The molecule has 0 N–H and O–H groups in total. The number of thiol groups is 1. The van der Waals surface area contributed by atoms with E-state index >= 15 is 0 Å². The molecule has 0 aliphatic rings. The van der Waals surface area contributed by atoms with Crippen LogP contribution in [0.5, 0.6) is 0 Å². The Bertz CT molecular complexity index is 237. The van der Waals surface area contributed by atoms with Gasteiger partial charge in [0.15, 0.2) is 0 Å². The molecule has 0 unspecified atom stereocenters. The second-order valence-electron chi connectivity index (χ2n) is 2.00. The summed E-state index contributed by atoms with van der Waals surface area (Å²) in [5, 5.41) is 0. The van der Waals surface area contributed by atoms with E-state index < -0.39 is 0 Å². The van der Waals surface area contributed by atoms with Gasteiger partial charge in [-0.25, -0.2) is 0 Å². The SMILES string of the molecule is O=CCc1ccccc1S.[NaH]. The average molecular weight is 176 g/mol. The van der Waals surface area contributed by atoms with Crippen LogP contribution in [0.3, 0.4) is 0 Å². The molecule has 0 spiro atoms. The normalized spacial score (nSPS) is 8.45. The Hall–Kier alpha value is 0.240. The number of aldehydes is 1. The average Bonchev–Trinajstić information content (AvgIpc) is 1.94. The molecule has 11 heavy (non-hydrogen) atoms. The van der Waals surface area contributed by atoms with E-state index in [9.17, 15) is 4.79 Å². The van der Waals surface area contributed by atoms with Crippen LogP contribution < -0.4 is 0 Å². The topological polar surface area (TPSA) is 17.1 Å². The Morgan fingerprint density at radius 3 is 2.55 bits per heavy atom. The van der Waals surface area contributed by atoms with Crippen molar-refractivity contribution in [1.82, 2.24) is 0 Å². The van der Waals surface area contributed by atoms with Gasteiger partial charge in [0.1, 0.15) is 6.29 Å². The zero-order valence-electron chi connectivity index (χ0n) is 5.45. The Balaban J connectivity index is 0.000001000. The van der Waals surface area contributed by atoms with Gasteiger partial charge in [0.05, 0.1) is 0 Å². The second kappa shape index (κ2) is 5.84. The third kappa shape index (κ3) is 3.43. The molecule has 0 aliphatic heterocycles. The fourth-order valence-electron chi connectivity index (χ4n) is 0.773.